The van der Waals surface area contributed by atoms with Crippen LogP contribution in [-0.4, -0.2) is 23.8 Å². The smallest absolute Gasteiger partial charge is 0.187 e. The molecule has 0 aliphatic rings. The van der Waals surface area contributed by atoms with E-state index in [0.29, 0.717) is 0 Å². The third-order valence-electron chi connectivity index (χ3n) is 2.11. The van der Waals surface area contributed by atoms with E-state index in [9.17, 15) is 0 Å². The second-order valence-corrected chi connectivity index (χ2v) is 5.24. The minimum atomic E-state index is 0.0314. The van der Waals surface area contributed by atoms with Crippen molar-refractivity contribution in [3.63, 3.8) is 0 Å². The first-order chi connectivity index (χ1) is 8.41. The summed E-state index contributed by atoms with van der Waals surface area (Å²) in [7, 11) is 0. The summed E-state index contributed by atoms with van der Waals surface area (Å²) in [6, 6.07) is 0. The van der Waals surface area contributed by atoms with Crippen molar-refractivity contribution in [2.45, 2.75) is 38.5 Å². The molecular weight excluding hydrogens is 248 g/mol. The molecule has 0 radical (unpaired) electrons. The normalized spacial score (nSPS) is 12.9. The van der Waals surface area contributed by atoms with Crippen LogP contribution in [0.5, 0.6) is 0 Å². The maximum Gasteiger partial charge on any atom is 0.187 e. The van der Waals surface area contributed by atoms with Gasteiger partial charge in [0.1, 0.15) is 5.37 Å². The number of hydrogen-bond donors (Lipinski definition) is 5. The number of rotatable bonds is 8. The Morgan fingerprint density at radius 2 is 2.06 bits per heavy atom. The highest BCUT2D eigenvalue weighted by Crippen LogP contribution is 2.18. The average molecular weight is 272 g/mol. The van der Waals surface area contributed by atoms with Crippen molar-refractivity contribution in [1.29, 1.82) is 5.41 Å². The Morgan fingerprint density at radius 3 is 2.61 bits per heavy atom. The van der Waals surface area contributed by atoms with E-state index in [4.69, 9.17) is 22.6 Å². The molecule has 1 unspecified atom stereocenters. The summed E-state index contributed by atoms with van der Waals surface area (Å²) in [6.45, 7) is 4.79. The third-order valence-corrected chi connectivity index (χ3v) is 3.15. The first kappa shape index (κ1) is 16.6. The highest BCUT2D eigenvalue weighted by Gasteiger charge is 1.98. The van der Waals surface area contributed by atoms with Gasteiger partial charge in [-0.3, -0.25) is 5.41 Å². The summed E-state index contributed by atoms with van der Waals surface area (Å²) >= 11 is 1.60. The fraction of sp³-hybridized carbons (Fsp3) is 0.636. The molecule has 8 N–H and O–H groups in total. The van der Waals surface area contributed by atoms with E-state index in [1.54, 1.807) is 11.8 Å². The maximum atomic E-state index is 7.00. The lowest BCUT2D eigenvalue weighted by Crippen LogP contribution is -2.30. The van der Waals surface area contributed by atoms with Crippen molar-refractivity contribution in [3.8, 4) is 0 Å². The highest BCUT2D eigenvalue weighted by atomic mass is 32.2. The summed E-state index contributed by atoms with van der Waals surface area (Å²) in [5.74, 6) is 0.153. The molecule has 18 heavy (non-hydrogen) atoms. The summed E-state index contributed by atoms with van der Waals surface area (Å²) in [4.78, 5) is 4.02. The number of guanidine groups is 2. The van der Waals surface area contributed by atoms with Crippen molar-refractivity contribution < 1.29 is 0 Å². The van der Waals surface area contributed by atoms with E-state index >= 15 is 0 Å². The van der Waals surface area contributed by atoms with Crippen LogP contribution in [0, 0.1) is 5.41 Å². The Kier molecular flexibility index (Phi) is 8.91. The zero-order chi connectivity index (χ0) is 14.0. The highest BCUT2D eigenvalue weighted by molar-refractivity contribution is 8.02. The molecule has 0 aromatic carbocycles. The fourth-order valence-electron chi connectivity index (χ4n) is 1.27. The number of nitrogens with two attached hydrogens (primary N) is 3. The minimum Gasteiger partial charge on any atom is -0.370 e. The third kappa shape index (κ3) is 11.1. The van der Waals surface area contributed by atoms with Crippen LogP contribution in [-0.2, 0) is 0 Å². The molecule has 0 fully saturated rings. The van der Waals surface area contributed by atoms with Gasteiger partial charge in [-0.2, -0.15) is 0 Å². The predicted molar refractivity (Wildman–Crippen MR) is 80.4 cm³/mol. The van der Waals surface area contributed by atoms with Crippen molar-refractivity contribution in [3.05, 3.63) is 11.0 Å². The Bertz CT molecular complexity index is 309. The second-order valence-electron chi connectivity index (χ2n) is 4.05. The number of hydrogen-bond acceptors (Lipinski definition) is 3. The molecule has 0 aromatic heterocycles. The lowest BCUT2D eigenvalue weighted by molar-refractivity contribution is 0.703. The van der Waals surface area contributed by atoms with Crippen LogP contribution in [0.3, 0.4) is 0 Å². The van der Waals surface area contributed by atoms with Gasteiger partial charge in [-0.25, -0.2) is 4.99 Å². The molecule has 0 rings (SSSR count). The number of nitrogens with one attached hydrogen (secondary N) is 2. The fourth-order valence-corrected chi connectivity index (χ4v) is 2.00. The molecule has 0 aliphatic carbocycles. The maximum absolute atomic E-state index is 7.00. The van der Waals surface area contributed by atoms with Crippen LogP contribution in [0.4, 0.5) is 0 Å². The number of allylic oxidation sites excluding steroid dienone is 1. The molecule has 104 valence electrons. The number of nitrogens with zero attached hydrogens (tertiary/aromatic N) is 1. The van der Waals surface area contributed by atoms with Gasteiger partial charge in [0.05, 0.1) is 0 Å². The molecule has 0 aromatic rings. The van der Waals surface area contributed by atoms with Crippen LogP contribution >= 0.6 is 11.8 Å². The van der Waals surface area contributed by atoms with E-state index in [2.05, 4.69) is 22.6 Å². The van der Waals surface area contributed by atoms with Crippen LogP contribution in [0.15, 0.2) is 16.0 Å². The van der Waals surface area contributed by atoms with Crippen molar-refractivity contribution >= 4 is 23.7 Å². The zero-order valence-corrected chi connectivity index (χ0v) is 11.9. The number of thioether (sulfide) groups is 1. The summed E-state index contributed by atoms with van der Waals surface area (Å²) in [5.41, 5.74) is 17.1. The molecule has 7 heteroatoms. The largest absolute Gasteiger partial charge is 0.370 e. The van der Waals surface area contributed by atoms with E-state index in [1.165, 1.54) is 5.57 Å². The van der Waals surface area contributed by atoms with Crippen LogP contribution in [0.1, 0.15) is 33.1 Å². The van der Waals surface area contributed by atoms with Crippen molar-refractivity contribution in [2.24, 2.45) is 22.2 Å². The van der Waals surface area contributed by atoms with Crippen LogP contribution in [0.25, 0.3) is 0 Å². The van der Waals surface area contributed by atoms with E-state index in [-0.39, 0.29) is 17.3 Å². The van der Waals surface area contributed by atoms with Gasteiger partial charge >= 0.3 is 0 Å². The van der Waals surface area contributed by atoms with Gasteiger partial charge in [-0.15, -0.1) is 11.8 Å². The summed E-state index contributed by atoms with van der Waals surface area (Å²) in [6.07, 6.45) is 3.10. The van der Waals surface area contributed by atoms with Gasteiger partial charge < -0.3 is 22.5 Å². The van der Waals surface area contributed by atoms with E-state index in [0.717, 1.165) is 25.8 Å². The molecule has 0 aliphatic heterocycles. The molecule has 6 nitrogen and oxygen atoms in total. The molecule has 0 saturated carbocycles. The van der Waals surface area contributed by atoms with Gasteiger partial charge in [0.15, 0.2) is 11.9 Å². The zero-order valence-electron chi connectivity index (χ0n) is 11.1. The van der Waals surface area contributed by atoms with Crippen molar-refractivity contribution in [1.82, 2.24) is 5.32 Å². The molecule has 0 bridgehead atoms. The number of unbranched alkanes of at least 4 members (excludes halogenated alkanes) is 1. The molecular formula is C11H24N6S. The SMILES string of the molecule is C/C(=C\SC(C)N=C(N)N)CCCCNC(=N)N. The standard InChI is InChI=1S/C11H24N6S/c1-8(5-3-4-6-16-10(12)13)7-18-9(2)17-11(14)15/h7,9H,3-6H2,1-2H3,(H4,12,13,16)(H4,14,15,17)/b8-7+. The Labute approximate surface area is 113 Å². The second kappa shape index (κ2) is 9.64. The van der Waals surface area contributed by atoms with Gasteiger partial charge in [0.25, 0.3) is 0 Å². The van der Waals surface area contributed by atoms with Gasteiger partial charge in [-0.1, -0.05) is 5.57 Å². The predicted octanol–water partition coefficient (Wildman–Crippen LogP) is 0.896. The first-order valence-electron chi connectivity index (χ1n) is 5.89. The van der Waals surface area contributed by atoms with Gasteiger partial charge in [-0.05, 0) is 38.5 Å². The number of aliphatic imine (C=N–C) groups is 1. The molecule has 0 saturated heterocycles. The first-order valence-corrected chi connectivity index (χ1v) is 6.84. The van der Waals surface area contributed by atoms with E-state index < -0.39 is 0 Å². The summed E-state index contributed by atoms with van der Waals surface area (Å²) < 4.78 is 0. The molecule has 0 heterocycles. The van der Waals surface area contributed by atoms with Crippen molar-refractivity contribution in [2.75, 3.05) is 6.54 Å². The monoisotopic (exact) mass is 272 g/mol. The minimum absolute atomic E-state index is 0.0314. The molecule has 0 amide bonds. The van der Waals surface area contributed by atoms with Gasteiger partial charge in [0, 0.05) is 6.54 Å². The lowest BCUT2D eigenvalue weighted by atomic mass is 10.1. The Balaban J connectivity index is 3.71. The van der Waals surface area contributed by atoms with E-state index in [1.807, 2.05) is 6.92 Å². The quantitative estimate of drug-likeness (QED) is 0.255. The molecule has 0 spiro atoms. The molecule has 1 atom stereocenters. The average Bonchev–Trinajstić information content (AvgIpc) is 2.24. The Hall–Kier alpha value is -1.37. The summed E-state index contributed by atoms with van der Waals surface area (Å²) in [5, 5.41) is 11.9. The van der Waals surface area contributed by atoms with Gasteiger partial charge in [0.2, 0.25) is 0 Å². The van der Waals surface area contributed by atoms with Crippen LogP contribution < -0.4 is 22.5 Å². The lowest BCUT2D eigenvalue weighted by Gasteiger charge is -2.06. The topological polar surface area (TPSA) is 126 Å². The Morgan fingerprint density at radius 1 is 1.39 bits per heavy atom. The van der Waals surface area contributed by atoms with Crippen LogP contribution in [0.2, 0.25) is 0 Å².